The van der Waals surface area contributed by atoms with Gasteiger partial charge in [-0.2, -0.15) is 0 Å². The van der Waals surface area contributed by atoms with E-state index in [1.807, 2.05) is 156 Å². The molecule has 0 N–H and O–H groups in total. The maximum Gasteiger partial charge on any atom is 0.164 e. The number of aromatic nitrogens is 9. The average Bonchev–Trinajstić information content (AvgIpc) is 1.54. The number of hydrogen-bond donors (Lipinski definition) is 0. The van der Waals surface area contributed by atoms with Crippen LogP contribution in [0, 0.1) is 0 Å². The molecule has 29 aromatic rings. The maximum atomic E-state index is 6.21. The maximum absolute atomic E-state index is 6.21. The van der Waals surface area contributed by atoms with Crippen LogP contribution in [0.2, 0.25) is 0 Å². The molecular weight excluding hydrogens is 1700 g/mol. The first-order chi connectivity index (χ1) is 67.5. The fourth-order valence-electron chi connectivity index (χ4n) is 20.9. The molecule has 8 heterocycles. The summed E-state index contributed by atoms with van der Waals surface area (Å²) in [5, 5.41) is 25.5. The molecule has 0 aliphatic heterocycles. The number of para-hydroxylation sites is 3. The molecular formula is C124H75N9OS2. The fourth-order valence-corrected chi connectivity index (χ4v) is 23.4. The highest BCUT2D eigenvalue weighted by atomic mass is 32.1. The van der Waals surface area contributed by atoms with Gasteiger partial charge in [0.1, 0.15) is 11.2 Å². The van der Waals surface area contributed by atoms with Crippen molar-refractivity contribution in [2.24, 2.45) is 0 Å². The summed E-state index contributed by atoms with van der Waals surface area (Å²) >= 11 is 3.76. The first-order valence-corrected chi connectivity index (χ1v) is 47.4. The van der Waals surface area contributed by atoms with E-state index in [1.54, 1.807) is 0 Å². The number of furan rings is 1. The van der Waals surface area contributed by atoms with E-state index >= 15 is 0 Å². The molecule has 0 bridgehead atoms. The van der Waals surface area contributed by atoms with Gasteiger partial charge in [0, 0.05) is 124 Å². The molecule has 21 aromatic carbocycles. The minimum Gasteiger partial charge on any atom is -0.456 e. The molecule has 0 radical (unpaired) electrons. The molecule has 0 fully saturated rings. The van der Waals surface area contributed by atoms with Gasteiger partial charge in [0.15, 0.2) is 34.9 Å². The molecule has 29 rings (SSSR count). The van der Waals surface area contributed by atoms with Crippen LogP contribution in [0.25, 0.3) is 267 Å². The van der Waals surface area contributed by atoms with Gasteiger partial charge in [0.25, 0.3) is 0 Å². The molecule has 0 amide bonds. The second kappa shape index (κ2) is 32.1. The molecule has 0 saturated carbocycles. The third-order valence-corrected chi connectivity index (χ3v) is 29.2. The zero-order chi connectivity index (χ0) is 89.4. The van der Waals surface area contributed by atoms with Gasteiger partial charge in [-0.25, -0.2) is 29.9 Å². The Bertz CT molecular complexity index is 9680. The molecule has 634 valence electrons. The number of hydrogen-bond acceptors (Lipinski definition) is 9. The average molecular weight is 1770 g/mol. The summed E-state index contributed by atoms with van der Waals surface area (Å²) in [6.45, 7) is 0. The summed E-state index contributed by atoms with van der Waals surface area (Å²) in [7, 11) is 0. The van der Waals surface area contributed by atoms with Crippen molar-refractivity contribution < 1.29 is 4.42 Å². The minimum absolute atomic E-state index is 0.641. The predicted molar refractivity (Wildman–Crippen MR) is 570 cm³/mol. The van der Waals surface area contributed by atoms with Crippen LogP contribution in [0.4, 0.5) is 0 Å². The Labute approximate surface area is 787 Å². The molecule has 0 unspecified atom stereocenters. The van der Waals surface area contributed by atoms with Gasteiger partial charge in [0.05, 0.1) is 42.5 Å². The summed E-state index contributed by atoms with van der Waals surface area (Å²) in [6.07, 6.45) is 0. The van der Waals surface area contributed by atoms with Crippen LogP contribution in [0.15, 0.2) is 459 Å². The number of benzene rings is 21. The van der Waals surface area contributed by atoms with Gasteiger partial charge in [-0.05, 0) is 151 Å². The quantitative estimate of drug-likeness (QED) is 0.134. The lowest BCUT2D eigenvalue weighted by molar-refractivity contribution is 0.669. The molecule has 0 saturated heterocycles. The largest absolute Gasteiger partial charge is 0.456 e. The number of fused-ring (bicyclic) bond motifs is 30. The van der Waals surface area contributed by atoms with E-state index in [4.69, 9.17) is 34.3 Å². The van der Waals surface area contributed by atoms with Crippen molar-refractivity contribution in [3.05, 3.63) is 455 Å². The van der Waals surface area contributed by atoms with Crippen molar-refractivity contribution in [1.82, 2.24) is 43.6 Å². The normalized spacial score (nSPS) is 11.8. The molecule has 12 heteroatoms. The Morgan fingerprint density at radius 2 is 0.515 bits per heavy atom. The summed E-state index contributed by atoms with van der Waals surface area (Å²) in [5.74, 6) is 3.91. The predicted octanol–water partition coefficient (Wildman–Crippen LogP) is 33.6. The lowest BCUT2D eigenvalue weighted by Crippen LogP contribution is -2.01. The first-order valence-electron chi connectivity index (χ1n) is 45.8. The zero-order valence-corrected chi connectivity index (χ0v) is 74.7. The Morgan fingerprint density at radius 3 is 0.985 bits per heavy atom. The number of thiophene rings is 2. The van der Waals surface area contributed by atoms with Crippen LogP contribution in [0.5, 0.6) is 0 Å². The van der Waals surface area contributed by atoms with E-state index < -0.39 is 0 Å². The van der Waals surface area contributed by atoms with Crippen molar-refractivity contribution in [3.63, 3.8) is 0 Å². The highest BCUT2D eigenvalue weighted by Crippen LogP contribution is 2.52. The SMILES string of the molecule is c1cc(-c2cccc3oc4ccccc4c23)cc(-n2c3ccc4ccccc4c3c3c4ccccc4ccc32)c1.c1ccc(-c2nc(-c3ccccc3)nc(-c3ccc(-n4c5ccccc5c5c6ccccc6c6c7ccccc7sc6c54)cc3)n2)cc1.c1ccc(-c2nc(-c3ccccc3)nc(-c3cccc(-n4c5ccccc5c5c6ccccc6c6c7ccccc7sc6c54)c3)n2)cc1. The summed E-state index contributed by atoms with van der Waals surface area (Å²) in [5.41, 5.74) is 20.5. The zero-order valence-electron chi connectivity index (χ0n) is 73.1. The van der Waals surface area contributed by atoms with Crippen LogP contribution in [-0.2, 0) is 0 Å². The van der Waals surface area contributed by atoms with Gasteiger partial charge in [-0.1, -0.05) is 358 Å². The summed E-state index contributed by atoms with van der Waals surface area (Å²) in [4.78, 5) is 29.8. The van der Waals surface area contributed by atoms with Gasteiger partial charge in [-0.15, -0.1) is 22.7 Å². The molecule has 8 aromatic heterocycles. The second-order valence-corrected chi connectivity index (χ2v) is 36.7. The number of rotatable bonds is 10. The van der Waals surface area contributed by atoms with Gasteiger partial charge < -0.3 is 18.1 Å². The molecule has 0 spiro atoms. The number of nitrogens with zero attached hydrogens (tertiary/aromatic N) is 9. The Morgan fingerprint density at radius 1 is 0.184 bits per heavy atom. The highest BCUT2D eigenvalue weighted by Gasteiger charge is 2.27. The third kappa shape index (κ3) is 12.8. The third-order valence-electron chi connectivity index (χ3n) is 26.8. The standard InChI is InChI=1S/2C43H26N4S.C38H23NO/c1-3-14-27(15-4-1)41-44-42(28-16-5-2-6-17-28)46-43(45-41)29-18-13-19-30(26-29)47-35-24-11-9-22-33(35)37-31-20-7-8-21-32(31)38-34-23-10-12-25-36(34)48-40(38)39(37)47;1-3-13-27(14-4-1)41-44-42(28-15-5-2-6-16-28)46-43(45-41)29-23-25-30(26-24-29)47-35-21-11-9-19-33(35)37-31-17-7-8-18-32(31)38-34-20-10-12-22-36(34)48-40(38)39(37)47;1-3-13-28-24(9-1)19-21-32-37(28)38-29-14-4-2-10-25(29)20-22-33(38)39(32)27-12-7-11-26(23-27)30-16-8-18-35-36(30)31-15-5-6-17-34(31)40-35/h2*1-26H;1-23H. The smallest absolute Gasteiger partial charge is 0.164 e. The lowest BCUT2D eigenvalue weighted by atomic mass is 9.99. The molecule has 136 heavy (non-hydrogen) atoms. The van der Waals surface area contributed by atoms with E-state index in [0.29, 0.717) is 34.9 Å². The van der Waals surface area contributed by atoms with Crippen LogP contribution in [0.3, 0.4) is 0 Å². The Kier molecular flexibility index (Phi) is 18.5. The Hall–Kier alpha value is -17.7. The molecule has 0 atom stereocenters. The topological polar surface area (TPSA) is 105 Å². The minimum atomic E-state index is 0.641. The summed E-state index contributed by atoms with van der Waals surface area (Å²) in [6, 6.07) is 161. The molecule has 10 nitrogen and oxygen atoms in total. The van der Waals surface area contributed by atoms with Crippen molar-refractivity contribution in [1.29, 1.82) is 0 Å². The van der Waals surface area contributed by atoms with Gasteiger partial charge in [0.2, 0.25) is 0 Å². The van der Waals surface area contributed by atoms with E-state index in [0.717, 1.165) is 72.4 Å². The summed E-state index contributed by atoms with van der Waals surface area (Å²) < 4.78 is 18.7. The van der Waals surface area contributed by atoms with E-state index in [-0.39, 0.29) is 0 Å². The molecule has 0 aliphatic carbocycles. The van der Waals surface area contributed by atoms with E-state index in [9.17, 15) is 0 Å². The van der Waals surface area contributed by atoms with E-state index in [2.05, 4.69) is 335 Å². The lowest BCUT2D eigenvalue weighted by Gasteiger charge is -2.12. The second-order valence-electron chi connectivity index (χ2n) is 34.5. The van der Waals surface area contributed by atoms with Gasteiger partial charge in [-0.3, -0.25) is 0 Å². The molecule has 0 aliphatic rings. The fraction of sp³-hybridized carbons (Fsp3) is 0. The van der Waals surface area contributed by atoms with Crippen molar-refractivity contribution >= 4 is 193 Å². The van der Waals surface area contributed by atoms with Gasteiger partial charge >= 0.3 is 0 Å². The van der Waals surface area contributed by atoms with Crippen molar-refractivity contribution in [3.8, 4) is 96.5 Å². The monoisotopic (exact) mass is 1770 g/mol. The van der Waals surface area contributed by atoms with Crippen LogP contribution >= 0.6 is 22.7 Å². The van der Waals surface area contributed by atoms with Crippen LogP contribution in [0.1, 0.15) is 0 Å². The van der Waals surface area contributed by atoms with Crippen LogP contribution < -0.4 is 0 Å². The van der Waals surface area contributed by atoms with Crippen LogP contribution in [-0.4, -0.2) is 43.6 Å². The Balaban J connectivity index is 0.000000104. The van der Waals surface area contributed by atoms with E-state index in [1.165, 1.54) is 160 Å². The van der Waals surface area contributed by atoms with Crippen molar-refractivity contribution in [2.45, 2.75) is 0 Å². The van der Waals surface area contributed by atoms with Crippen molar-refractivity contribution in [2.75, 3.05) is 0 Å². The first kappa shape index (κ1) is 78.2. The highest BCUT2D eigenvalue weighted by molar-refractivity contribution is 7.27.